The molecule has 22 heavy (non-hydrogen) atoms. The van der Waals surface area contributed by atoms with Gasteiger partial charge in [-0.25, -0.2) is 4.98 Å². The van der Waals surface area contributed by atoms with E-state index >= 15 is 0 Å². The van der Waals surface area contributed by atoms with Crippen molar-refractivity contribution in [3.63, 3.8) is 0 Å². The average Bonchev–Trinajstić information content (AvgIpc) is 2.54. The van der Waals surface area contributed by atoms with E-state index in [1.807, 2.05) is 30.3 Å². The third-order valence-electron chi connectivity index (χ3n) is 3.20. The number of hydrogen-bond donors (Lipinski definition) is 1. The summed E-state index contributed by atoms with van der Waals surface area (Å²) in [6.07, 6.45) is 3.30. The summed E-state index contributed by atoms with van der Waals surface area (Å²) in [5.41, 5.74) is 2.83. The summed E-state index contributed by atoms with van der Waals surface area (Å²) in [6, 6.07) is 13.6. The number of aryl methyl sites for hydroxylation is 1. The van der Waals surface area contributed by atoms with Gasteiger partial charge in [-0.2, -0.15) is 0 Å². The van der Waals surface area contributed by atoms with Gasteiger partial charge in [-0.1, -0.05) is 30.0 Å². The van der Waals surface area contributed by atoms with E-state index in [9.17, 15) is 4.79 Å². The molecule has 0 saturated heterocycles. The Morgan fingerprint density at radius 3 is 2.91 bits per heavy atom. The molecule has 0 unspecified atom stereocenters. The van der Waals surface area contributed by atoms with Gasteiger partial charge in [-0.15, -0.1) is 0 Å². The zero-order valence-corrected chi connectivity index (χ0v) is 12.9. The Labute approximate surface area is 133 Å². The van der Waals surface area contributed by atoms with Crippen LogP contribution in [0.4, 0.5) is 5.69 Å². The van der Waals surface area contributed by atoms with Gasteiger partial charge in [0.25, 0.3) is 0 Å². The van der Waals surface area contributed by atoms with Crippen molar-refractivity contribution < 1.29 is 4.79 Å². The number of nitrogens with zero attached hydrogens (tertiary/aromatic N) is 2. The quantitative estimate of drug-likeness (QED) is 0.747. The van der Waals surface area contributed by atoms with Crippen LogP contribution >= 0.6 is 11.8 Å². The second-order valence-corrected chi connectivity index (χ2v) is 5.87. The number of fused-ring (bicyclic) bond motifs is 1. The number of rotatable bonds is 4. The highest BCUT2D eigenvalue weighted by Gasteiger charge is 2.07. The van der Waals surface area contributed by atoms with Crippen LogP contribution in [-0.2, 0) is 4.79 Å². The fraction of sp³-hybridized carbons (Fsp3) is 0.118. The van der Waals surface area contributed by atoms with Gasteiger partial charge in [-0.05, 0) is 36.8 Å². The number of para-hydroxylation sites is 1. The fourth-order valence-corrected chi connectivity index (χ4v) is 2.94. The monoisotopic (exact) mass is 309 g/mol. The van der Waals surface area contributed by atoms with Crippen LogP contribution < -0.4 is 5.32 Å². The van der Waals surface area contributed by atoms with Gasteiger partial charge >= 0.3 is 0 Å². The van der Waals surface area contributed by atoms with Crippen LogP contribution in [0.3, 0.4) is 0 Å². The van der Waals surface area contributed by atoms with Crippen LogP contribution in [0.1, 0.15) is 5.56 Å². The van der Waals surface area contributed by atoms with Crippen molar-refractivity contribution in [2.45, 2.75) is 11.9 Å². The van der Waals surface area contributed by atoms with Crippen LogP contribution in [0.2, 0.25) is 0 Å². The molecule has 1 aromatic carbocycles. The highest BCUT2D eigenvalue weighted by atomic mass is 32.2. The molecule has 2 heterocycles. The van der Waals surface area contributed by atoms with Crippen molar-refractivity contribution in [2.24, 2.45) is 0 Å². The summed E-state index contributed by atoms with van der Waals surface area (Å²) in [4.78, 5) is 20.5. The van der Waals surface area contributed by atoms with Gasteiger partial charge < -0.3 is 5.32 Å². The van der Waals surface area contributed by atoms with Crippen molar-refractivity contribution in [1.29, 1.82) is 0 Å². The second kappa shape index (κ2) is 6.58. The summed E-state index contributed by atoms with van der Waals surface area (Å²) in [6.45, 7) is 2.06. The first-order valence-corrected chi connectivity index (χ1v) is 7.90. The smallest absolute Gasteiger partial charge is 0.234 e. The summed E-state index contributed by atoms with van der Waals surface area (Å²) in [7, 11) is 0. The minimum absolute atomic E-state index is 0.0642. The molecule has 1 amide bonds. The lowest BCUT2D eigenvalue weighted by Gasteiger charge is -2.07. The minimum Gasteiger partial charge on any atom is -0.324 e. The predicted octanol–water partition coefficient (Wildman–Crippen LogP) is 3.67. The Hall–Kier alpha value is -2.40. The molecular formula is C17H15N3OS. The van der Waals surface area contributed by atoms with Gasteiger partial charge in [0.05, 0.1) is 28.2 Å². The zero-order valence-electron chi connectivity index (χ0n) is 12.1. The molecule has 2 aromatic heterocycles. The van der Waals surface area contributed by atoms with E-state index in [0.29, 0.717) is 11.4 Å². The van der Waals surface area contributed by atoms with E-state index in [-0.39, 0.29) is 5.91 Å². The molecule has 0 radical (unpaired) electrons. The SMILES string of the molecule is Cc1cc(SCC(=O)Nc2cccnc2)nc2ccccc12. The van der Waals surface area contributed by atoms with Crippen molar-refractivity contribution >= 4 is 34.3 Å². The molecule has 0 spiro atoms. The number of nitrogens with one attached hydrogen (secondary N) is 1. The molecule has 5 heteroatoms. The first-order chi connectivity index (χ1) is 10.7. The lowest BCUT2D eigenvalue weighted by atomic mass is 10.1. The number of amides is 1. The fourth-order valence-electron chi connectivity index (χ4n) is 2.17. The Kier molecular flexibility index (Phi) is 4.34. The summed E-state index contributed by atoms with van der Waals surface area (Å²) in [5, 5.41) is 4.82. The maximum absolute atomic E-state index is 11.9. The average molecular weight is 309 g/mol. The van der Waals surface area contributed by atoms with E-state index in [1.54, 1.807) is 18.5 Å². The van der Waals surface area contributed by atoms with Gasteiger partial charge in [0.2, 0.25) is 5.91 Å². The van der Waals surface area contributed by atoms with Crippen LogP contribution in [0, 0.1) is 6.92 Å². The first-order valence-electron chi connectivity index (χ1n) is 6.91. The van der Waals surface area contributed by atoms with Crippen molar-refractivity contribution in [2.75, 3.05) is 11.1 Å². The molecule has 0 bridgehead atoms. The number of thioether (sulfide) groups is 1. The highest BCUT2D eigenvalue weighted by Crippen LogP contribution is 2.23. The third-order valence-corrected chi connectivity index (χ3v) is 4.11. The summed E-state index contributed by atoms with van der Waals surface area (Å²) >= 11 is 1.43. The van der Waals surface area contributed by atoms with Crippen LogP contribution in [0.25, 0.3) is 10.9 Å². The lowest BCUT2D eigenvalue weighted by Crippen LogP contribution is -2.14. The van der Waals surface area contributed by atoms with Crippen molar-refractivity contribution in [3.8, 4) is 0 Å². The molecule has 0 aliphatic rings. The van der Waals surface area contributed by atoms with E-state index in [2.05, 4.69) is 28.3 Å². The van der Waals surface area contributed by atoms with E-state index in [0.717, 1.165) is 15.9 Å². The van der Waals surface area contributed by atoms with E-state index in [4.69, 9.17) is 0 Å². The molecule has 0 aliphatic carbocycles. The highest BCUT2D eigenvalue weighted by molar-refractivity contribution is 7.99. The molecule has 1 N–H and O–H groups in total. The van der Waals surface area contributed by atoms with Crippen LogP contribution in [0.15, 0.2) is 59.9 Å². The number of carbonyl (C=O) groups is 1. The molecule has 0 atom stereocenters. The summed E-state index contributed by atoms with van der Waals surface area (Å²) in [5.74, 6) is 0.255. The second-order valence-electron chi connectivity index (χ2n) is 4.87. The predicted molar refractivity (Wildman–Crippen MR) is 90.1 cm³/mol. The molecule has 0 fully saturated rings. The molecule has 3 rings (SSSR count). The molecule has 0 aliphatic heterocycles. The van der Waals surface area contributed by atoms with E-state index in [1.165, 1.54) is 17.3 Å². The van der Waals surface area contributed by atoms with Gasteiger partial charge in [-0.3, -0.25) is 9.78 Å². The summed E-state index contributed by atoms with van der Waals surface area (Å²) < 4.78 is 0. The van der Waals surface area contributed by atoms with E-state index < -0.39 is 0 Å². The number of carbonyl (C=O) groups excluding carboxylic acids is 1. The van der Waals surface area contributed by atoms with Crippen molar-refractivity contribution in [1.82, 2.24) is 9.97 Å². The Bertz CT molecular complexity index is 805. The Balaban J connectivity index is 1.67. The molecule has 0 saturated carbocycles. The Morgan fingerprint density at radius 2 is 2.09 bits per heavy atom. The van der Waals surface area contributed by atoms with Crippen LogP contribution in [-0.4, -0.2) is 21.6 Å². The lowest BCUT2D eigenvalue weighted by molar-refractivity contribution is -0.113. The van der Waals surface area contributed by atoms with Gasteiger partial charge in [0.1, 0.15) is 0 Å². The minimum atomic E-state index is -0.0642. The number of anilines is 1. The maximum Gasteiger partial charge on any atom is 0.234 e. The third kappa shape index (κ3) is 3.43. The number of pyridine rings is 2. The maximum atomic E-state index is 11.9. The van der Waals surface area contributed by atoms with Gasteiger partial charge in [0.15, 0.2) is 0 Å². The van der Waals surface area contributed by atoms with Gasteiger partial charge in [0, 0.05) is 11.6 Å². The topological polar surface area (TPSA) is 54.9 Å². The molecule has 4 nitrogen and oxygen atoms in total. The number of aromatic nitrogens is 2. The Morgan fingerprint density at radius 1 is 1.23 bits per heavy atom. The van der Waals surface area contributed by atoms with Crippen molar-refractivity contribution in [3.05, 3.63) is 60.4 Å². The first kappa shape index (κ1) is 14.5. The molecule has 110 valence electrons. The molecular weight excluding hydrogens is 294 g/mol. The molecule has 3 aromatic rings. The van der Waals surface area contributed by atoms with Crippen LogP contribution in [0.5, 0.6) is 0 Å². The number of benzene rings is 1. The normalized spacial score (nSPS) is 10.6. The standard InChI is InChI=1S/C17H15N3OS/c1-12-9-17(20-15-7-3-2-6-14(12)15)22-11-16(21)19-13-5-4-8-18-10-13/h2-10H,11H2,1H3,(H,19,21). The largest absolute Gasteiger partial charge is 0.324 e. The zero-order chi connectivity index (χ0) is 15.4. The number of hydrogen-bond acceptors (Lipinski definition) is 4.